The second-order valence-electron chi connectivity index (χ2n) is 2.97. The van der Waals surface area contributed by atoms with Gasteiger partial charge in [-0.2, -0.15) is 0 Å². The SMILES string of the molecule is Cc1cnc(NN)nc1Sc1cnccn1. The number of aryl methyl sites for hydroxylation is 1. The summed E-state index contributed by atoms with van der Waals surface area (Å²) in [5.41, 5.74) is 3.38. The first kappa shape index (κ1) is 10.8. The van der Waals surface area contributed by atoms with Crippen LogP contribution in [0, 0.1) is 6.92 Å². The second-order valence-corrected chi connectivity index (χ2v) is 3.98. The summed E-state index contributed by atoms with van der Waals surface area (Å²) < 4.78 is 0. The van der Waals surface area contributed by atoms with E-state index in [1.54, 1.807) is 24.8 Å². The fourth-order valence-electron chi connectivity index (χ4n) is 1.04. The van der Waals surface area contributed by atoms with Gasteiger partial charge in [0.05, 0.1) is 6.20 Å². The van der Waals surface area contributed by atoms with E-state index in [1.165, 1.54) is 11.8 Å². The Morgan fingerprint density at radius 1 is 1.25 bits per heavy atom. The van der Waals surface area contributed by atoms with Crippen LogP contribution in [-0.2, 0) is 0 Å². The Labute approximate surface area is 96.7 Å². The number of rotatable bonds is 3. The lowest BCUT2D eigenvalue weighted by Gasteiger charge is -2.04. The molecule has 0 amide bonds. The molecule has 0 aliphatic rings. The van der Waals surface area contributed by atoms with E-state index >= 15 is 0 Å². The smallest absolute Gasteiger partial charge is 0.238 e. The molecule has 0 saturated carbocycles. The van der Waals surface area contributed by atoms with Crippen molar-refractivity contribution < 1.29 is 0 Å². The Morgan fingerprint density at radius 3 is 2.81 bits per heavy atom. The lowest BCUT2D eigenvalue weighted by Crippen LogP contribution is -2.10. The van der Waals surface area contributed by atoms with E-state index in [4.69, 9.17) is 5.84 Å². The number of nitrogens with two attached hydrogens (primary N) is 1. The minimum absolute atomic E-state index is 0.386. The minimum Gasteiger partial charge on any atom is -0.292 e. The van der Waals surface area contributed by atoms with Crippen LogP contribution in [0.2, 0.25) is 0 Å². The molecule has 0 atom stereocenters. The zero-order valence-corrected chi connectivity index (χ0v) is 9.40. The van der Waals surface area contributed by atoms with Crippen LogP contribution in [0.4, 0.5) is 5.95 Å². The molecule has 2 rings (SSSR count). The second kappa shape index (κ2) is 4.86. The highest BCUT2D eigenvalue weighted by atomic mass is 32.2. The molecule has 7 heteroatoms. The largest absolute Gasteiger partial charge is 0.292 e. The monoisotopic (exact) mass is 234 g/mol. The van der Waals surface area contributed by atoms with Crippen molar-refractivity contribution in [3.8, 4) is 0 Å². The van der Waals surface area contributed by atoms with E-state index in [2.05, 4.69) is 25.4 Å². The number of nitrogens with zero attached hydrogens (tertiary/aromatic N) is 4. The highest BCUT2D eigenvalue weighted by Crippen LogP contribution is 2.26. The van der Waals surface area contributed by atoms with Gasteiger partial charge < -0.3 is 0 Å². The minimum atomic E-state index is 0.386. The Morgan fingerprint density at radius 2 is 2.12 bits per heavy atom. The van der Waals surface area contributed by atoms with Gasteiger partial charge in [0.2, 0.25) is 5.95 Å². The Balaban J connectivity index is 2.27. The quantitative estimate of drug-likeness (QED) is 0.465. The van der Waals surface area contributed by atoms with E-state index in [0.29, 0.717) is 5.95 Å². The van der Waals surface area contributed by atoms with Crippen LogP contribution in [0.5, 0.6) is 0 Å². The average Bonchev–Trinajstić information content (AvgIpc) is 2.33. The van der Waals surface area contributed by atoms with E-state index in [-0.39, 0.29) is 0 Å². The molecule has 0 fully saturated rings. The summed E-state index contributed by atoms with van der Waals surface area (Å²) >= 11 is 1.42. The van der Waals surface area contributed by atoms with Crippen molar-refractivity contribution in [3.63, 3.8) is 0 Å². The Bertz CT molecular complexity index is 475. The van der Waals surface area contributed by atoms with Gasteiger partial charge in [-0.05, 0) is 18.7 Å². The molecule has 2 aromatic heterocycles. The van der Waals surface area contributed by atoms with Crippen molar-refractivity contribution in [1.82, 2.24) is 19.9 Å². The molecule has 0 radical (unpaired) electrons. The fourth-order valence-corrected chi connectivity index (χ4v) is 1.81. The number of nitrogen functional groups attached to an aromatic ring is 1. The van der Waals surface area contributed by atoms with Gasteiger partial charge in [-0.15, -0.1) is 0 Å². The summed E-state index contributed by atoms with van der Waals surface area (Å²) in [7, 11) is 0. The molecule has 0 aromatic carbocycles. The standard InChI is InChI=1S/C9H10N6S/c1-6-4-13-9(15-10)14-8(6)16-7-5-11-2-3-12-7/h2-5H,10H2,1H3,(H,13,14,15). The highest BCUT2D eigenvalue weighted by molar-refractivity contribution is 7.99. The molecule has 0 aliphatic heterocycles. The number of hydrogen-bond donors (Lipinski definition) is 2. The fraction of sp³-hybridized carbons (Fsp3) is 0.111. The molecule has 0 saturated heterocycles. The number of hydrogen-bond acceptors (Lipinski definition) is 7. The predicted octanol–water partition coefficient (Wildman–Crippen LogP) is 1.01. The molecule has 2 aromatic rings. The van der Waals surface area contributed by atoms with Gasteiger partial charge in [0.1, 0.15) is 10.1 Å². The van der Waals surface area contributed by atoms with Gasteiger partial charge in [0.25, 0.3) is 0 Å². The van der Waals surface area contributed by atoms with Crippen LogP contribution in [0.3, 0.4) is 0 Å². The zero-order valence-electron chi connectivity index (χ0n) is 8.58. The maximum atomic E-state index is 5.25. The van der Waals surface area contributed by atoms with Crippen molar-refractivity contribution in [1.29, 1.82) is 0 Å². The predicted molar refractivity (Wildman–Crippen MR) is 60.7 cm³/mol. The van der Waals surface area contributed by atoms with Crippen molar-refractivity contribution >= 4 is 17.7 Å². The molecular formula is C9H10N6S. The first-order valence-electron chi connectivity index (χ1n) is 4.53. The molecule has 82 valence electrons. The molecule has 0 bridgehead atoms. The number of nitrogens with one attached hydrogen (secondary N) is 1. The number of anilines is 1. The van der Waals surface area contributed by atoms with Crippen molar-refractivity contribution in [2.45, 2.75) is 17.0 Å². The molecule has 0 aliphatic carbocycles. The van der Waals surface area contributed by atoms with Crippen LogP contribution in [0.15, 0.2) is 34.8 Å². The summed E-state index contributed by atoms with van der Waals surface area (Å²) in [4.78, 5) is 16.4. The third-order valence-corrected chi connectivity index (χ3v) is 2.82. The summed E-state index contributed by atoms with van der Waals surface area (Å²) in [5, 5.41) is 1.59. The maximum absolute atomic E-state index is 5.25. The topological polar surface area (TPSA) is 89.6 Å². The van der Waals surface area contributed by atoms with Gasteiger partial charge in [0, 0.05) is 24.2 Å². The van der Waals surface area contributed by atoms with Crippen LogP contribution < -0.4 is 11.3 Å². The Kier molecular flexibility index (Phi) is 3.28. The summed E-state index contributed by atoms with van der Waals surface area (Å²) in [6.07, 6.45) is 6.66. The third kappa shape index (κ3) is 2.44. The van der Waals surface area contributed by atoms with Crippen LogP contribution in [0.1, 0.15) is 5.56 Å². The third-order valence-electron chi connectivity index (χ3n) is 1.80. The van der Waals surface area contributed by atoms with Crippen molar-refractivity contribution in [2.75, 3.05) is 5.43 Å². The van der Waals surface area contributed by atoms with E-state index < -0.39 is 0 Å². The highest BCUT2D eigenvalue weighted by Gasteiger charge is 2.06. The van der Waals surface area contributed by atoms with Crippen LogP contribution in [0.25, 0.3) is 0 Å². The summed E-state index contributed by atoms with van der Waals surface area (Å²) in [6, 6.07) is 0. The van der Waals surface area contributed by atoms with E-state index in [0.717, 1.165) is 15.6 Å². The van der Waals surface area contributed by atoms with Crippen molar-refractivity contribution in [3.05, 3.63) is 30.4 Å². The lowest BCUT2D eigenvalue weighted by atomic mass is 10.4. The molecule has 16 heavy (non-hydrogen) atoms. The van der Waals surface area contributed by atoms with E-state index in [1.807, 2.05) is 6.92 Å². The average molecular weight is 234 g/mol. The normalized spacial score (nSPS) is 10.1. The molecule has 6 nitrogen and oxygen atoms in total. The first-order chi connectivity index (χ1) is 7.79. The van der Waals surface area contributed by atoms with E-state index in [9.17, 15) is 0 Å². The Hall–Kier alpha value is -1.73. The number of aromatic nitrogens is 4. The van der Waals surface area contributed by atoms with Gasteiger partial charge in [-0.25, -0.2) is 20.8 Å². The van der Waals surface area contributed by atoms with Gasteiger partial charge in [-0.1, -0.05) is 0 Å². The van der Waals surface area contributed by atoms with Gasteiger partial charge in [-0.3, -0.25) is 10.4 Å². The molecule has 3 N–H and O–H groups in total. The summed E-state index contributed by atoms with van der Waals surface area (Å²) in [5.74, 6) is 5.64. The van der Waals surface area contributed by atoms with Gasteiger partial charge in [0.15, 0.2) is 0 Å². The number of hydrazine groups is 1. The van der Waals surface area contributed by atoms with Gasteiger partial charge >= 0.3 is 0 Å². The molecule has 0 spiro atoms. The van der Waals surface area contributed by atoms with Crippen LogP contribution >= 0.6 is 11.8 Å². The maximum Gasteiger partial charge on any atom is 0.238 e. The molecule has 0 unspecified atom stereocenters. The molecule has 2 heterocycles. The zero-order chi connectivity index (χ0) is 11.4. The summed E-state index contributed by atoms with van der Waals surface area (Å²) in [6.45, 7) is 1.93. The first-order valence-corrected chi connectivity index (χ1v) is 5.35. The van der Waals surface area contributed by atoms with Crippen molar-refractivity contribution in [2.24, 2.45) is 5.84 Å². The lowest BCUT2D eigenvalue weighted by molar-refractivity contribution is 0.981. The molecular weight excluding hydrogens is 224 g/mol. The van der Waals surface area contributed by atoms with Crippen LogP contribution in [-0.4, -0.2) is 19.9 Å².